The van der Waals surface area contributed by atoms with Gasteiger partial charge in [0, 0.05) is 0 Å². The number of nitrogens with zero attached hydrogens (tertiary/aromatic N) is 4. The Hall–Kier alpha value is -2.44. The lowest BCUT2D eigenvalue weighted by Crippen LogP contribution is -1.98. The number of furan rings is 1. The average molecular weight is 232 g/mol. The summed E-state index contributed by atoms with van der Waals surface area (Å²) in [5, 5.41) is 17.4. The Bertz CT molecular complexity index is 756. The number of hydrogen-bond donors (Lipinski definition) is 1. The average Bonchev–Trinajstić information content (AvgIpc) is 2.78. The molecule has 3 rings (SSSR count). The van der Waals surface area contributed by atoms with Gasteiger partial charge in [-0.05, 0) is 13.8 Å². The number of carboxylic acids is 1. The fraction of sp³-hybridized carbons (Fsp3) is 0.200. The van der Waals surface area contributed by atoms with Crippen LogP contribution in [0.5, 0.6) is 0 Å². The number of aromatic carboxylic acids is 1. The molecule has 7 nitrogen and oxygen atoms in total. The minimum atomic E-state index is -1.06. The molecule has 0 aliphatic heterocycles. The van der Waals surface area contributed by atoms with E-state index in [0.717, 1.165) is 0 Å². The van der Waals surface area contributed by atoms with Crippen LogP contribution in [0.4, 0.5) is 0 Å². The lowest BCUT2D eigenvalue weighted by Gasteiger charge is -1.95. The van der Waals surface area contributed by atoms with Crippen LogP contribution in [-0.4, -0.2) is 30.7 Å². The Morgan fingerprint density at radius 3 is 2.88 bits per heavy atom. The van der Waals surface area contributed by atoms with E-state index in [1.165, 1.54) is 6.33 Å². The van der Waals surface area contributed by atoms with E-state index in [9.17, 15) is 9.90 Å². The van der Waals surface area contributed by atoms with Crippen LogP contribution in [0, 0.1) is 13.8 Å². The molecule has 0 spiro atoms. The van der Waals surface area contributed by atoms with Crippen LogP contribution < -0.4 is 0 Å². The van der Waals surface area contributed by atoms with E-state index >= 15 is 0 Å². The molecule has 0 aliphatic carbocycles. The summed E-state index contributed by atoms with van der Waals surface area (Å²) in [5.41, 5.74) is 0.798. The summed E-state index contributed by atoms with van der Waals surface area (Å²) in [6, 6.07) is 0. The van der Waals surface area contributed by atoms with E-state index in [2.05, 4.69) is 15.2 Å². The van der Waals surface area contributed by atoms with Crippen molar-refractivity contribution in [2.75, 3.05) is 0 Å². The molecule has 0 aliphatic rings. The lowest BCUT2D eigenvalue weighted by molar-refractivity contribution is 0.0697. The zero-order valence-electron chi connectivity index (χ0n) is 9.13. The fourth-order valence-electron chi connectivity index (χ4n) is 1.87. The van der Waals surface area contributed by atoms with Crippen molar-refractivity contribution >= 4 is 22.7 Å². The van der Waals surface area contributed by atoms with Crippen molar-refractivity contribution in [3.05, 3.63) is 23.5 Å². The molecule has 17 heavy (non-hydrogen) atoms. The van der Waals surface area contributed by atoms with Gasteiger partial charge in [0.25, 0.3) is 0 Å². The number of rotatable bonds is 1. The molecule has 0 saturated carbocycles. The second-order valence-electron chi connectivity index (χ2n) is 3.70. The van der Waals surface area contributed by atoms with Crippen molar-refractivity contribution in [1.29, 1.82) is 0 Å². The zero-order valence-corrected chi connectivity index (χ0v) is 9.13. The summed E-state index contributed by atoms with van der Waals surface area (Å²) >= 11 is 0. The number of aromatic nitrogens is 4. The van der Waals surface area contributed by atoms with E-state index in [0.29, 0.717) is 22.6 Å². The topological polar surface area (TPSA) is 93.5 Å². The van der Waals surface area contributed by atoms with Crippen LogP contribution in [-0.2, 0) is 0 Å². The molecule has 0 aromatic carbocycles. The lowest BCUT2D eigenvalue weighted by atomic mass is 10.2. The maximum atomic E-state index is 11.2. The van der Waals surface area contributed by atoms with Gasteiger partial charge in [0.2, 0.25) is 5.71 Å². The van der Waals surface area contributed by atoms with Crippen molar-refractivity contribution in [3.8, 4) is 0 Å². The second-order valence-corrected chi connectivity index (χ2v) is 3.70. The molecule has 86 valence electrons. The highest BCUT2D eigenvalue weighted by Crippen LogP contribution is 2.26. The highest BCUT2D eigenvalue weighted by Gasteiger charge is 2.22. The van der Waals surface area contributed by atoms with E-state index in [1.54, 1.807) is 18.2 Å². The minimum Gasteiger partial charge on any atom is -0.478 e. The Morgan fingerprint density at radius 2 is 2.18 bits per heavy atom. The van der Waals surface area contributed by atoms with Crippen LogP contribution in [0.1, 0.15) is 21.9 Å². The summed E-state index contributed by atoms with van der Waals surface area (Å²) in [4.78, 5) is 15.3. The molecule has 0 amide bonds. The third-order valence-electron chi connectivity index (χ3n) is 2.66. The van der Waals surface area contributed by atoms with Crippen molar-refractivity contribution < 1.29 is 14.3 Å². The predicted molar refractivity (Wildman–Crippen MR) is 57.0 cm³/mol. The summed E-state index contributed by atoms with van der Waals surface area (Å²) in [6.07, 6.45) is 1.52. The van der Waals surface area contributed by atoms with Crippen LogP contribution in [0.25, 0.3) is 16.7 Å². The maximum Gasteiger partial charge on any atom is 0.340 e. The Morgan fingerprint density at radius 1 is 1.41 bits per heavy atom. The number of carboxylic acid groups (broad SMARTS) is 1. The van der Waals surface area contributed by atoms with Crippen LogP contribution in [0.2, 0.25) is 0 Å². The SMILES string of the molecule is Cc1oc2ncn3c(C)nnc3c2c1C(=O)O. The first kappa shape index (κ1) is 9.76. The van der Waals surface area contributed by atoms with Gasteiger partial charge in [-0.15, -0.1) is 10.2 Å². The number of aryl methyl sites for hydroxylation is 2. The molecule has 0 unspecified atom stereocenters. The molecule has 0 fully saturated rings. The first-order valence-corrected chi connectivity index (χ1v) is 4.92. The van der Waals surface area contributed by atoms with Crippen molar-refractivity contribution in [3.63, 3.8) is 0 Å². The van der Waals surface area contributed by atoms with Gasteiger partial charge in [-0.25, -0.2) is 9.78 Å². The van der Waals surface area contributed by atoms with Gasteiger partial charge in [0.1, 0.15) is 28.9 Å². The van der Waals surface area contributed by atoms with Gasteiger partial charge in [-0.3, -0.25) is 4.40 Å². The van der Waals surface area contributed by atoms with Gasteiger partial charge < -0.3 is 9.52 Å². The number of fused-ring (bicyclic) bond motifs is 3. The molecular weight excluding hydrogens is 224 g/mol. The van der Waals surface area contributed by atoms with Crippen molar-refractivity contribution in [1.82, 2.24) is 19.6 Å². The molecule has 0 atom stereocenters. The summed E-state index contributed by atoms with van der Waals surface area (Å²) in [5.74, 6) is -0.102. The van der Waals surface area contributed by atoms with Gasteiger partial charge in [-0.2, -0.15) is 0 Å². The van der Waals surface area contributed by atoms with Crippen molar-refractivity contribution in [2.24, 2.45) is 0 Å². The summed E-state index contributed by atoms with van der Waals surface area (Å²) in [7, 11) is 0. The number of carbonyl (C=O) groups is 1. The van der Waals surface area contributed by atoms with Gasteiger partial charge in [-0.1, -0.05) is 0 Å². The highest BCUT2D eigenvalue weighted by atomic mass is 16.4. The number of hydrogen-bond acceptors (Lipinski definition) is 5. The van der Waals surface area contributed by atoms with E-state index in [-0.39, 0.29) is 11.3 Å². The molecule has 7 heteroatoms. The molecular formula is C10H8N4O3. The largest absolute Gasteiger partial charge is 0.478 e. The molecule has 3 heterocycles. The van der Waals surface area contributed by atoms with Gasteiger partial charge >= 0.3 is 5.97 Å². The molecule has 3 aromatic heterocycles. The Labute approximate surface area is 94.7 Å². The Kier molecular flexibility index (Phi) is 1.74. The summed E-state index contributed by atoms with van der Waals surface area (Å²) in [6.45, 7) is 3.35. The monoisotopic (exact) mass is 232 g/mol. The zero-order chi connectivity index (χ0) is 12.2. The summed E-state index contributed by atoms with van der Waals surface area (Å²) < 4.78 is 6.93. The fourth-order valence-corrected chi connectivity index (χ4v) is 1.87. The molecule has 0 bridgehead atoms. The second kappa shape index (κ2) is 3.03. The highest BCUT2D eigenvalue weighted by molar-refractivity contribution is 6.07. The van der Waals surface area contributed by atoms with Crippen LogP contribution in [0.15, 0.2) is 10.7 Å². The quantitative estimate of drug-likeness (QED) is 0.677. The predicted octanol–water partition coefficient (Wildman–Crippen LogP) is 1.19. The first-order valence-electron chi connectivity index (χ1n) is 4.92. The minimum absolute atomic E-state index is 0.0884. The maximum absolute atomic E-state index is 11.2. The molecule has 0 saturated heterocycles. The van der Waals surface area contributed by atoms with E-state index < -0.39 is 5.97 Å². The third-order valence-corrected chi connectivity index (χ3v) is 2.66. The van der Waals surface area contributed by atoms with Gasteiger partial charge in [0.05, 0.1) is 0 Å². The van der Waals surface area contributed by atoms with E-state index in [4.69, 9.17) is 4.42 Å². The molecule has 1 N–H and O–H groups in total. The van der Waals surface area contributed by atoms with E-state index in [1.807, 2.05) is 0 Å². The third kappa shape index (κ3) is 1.16. The molecule has 0 radical (unpaired) electrons. The van der Waals surface area contributed by atoms with Gasteiger partial charge in [0.15, 0.2) is 5.65 Å². The van der Waals surface area contributed by atoms with Crippen LogP contribution in [0.3, 0.4) is 0 Å². The smallest absolute Gasteiger partial charge is 0.340 e. The first-order chi connectivity index (χ1) is 8.09. The Balaban J connectivity index is 2.59. The van der Waals surface area contributed by atoms with Crippen LogP contribution >= 0.6 is 0 Å². The standard InChI is InChI=1S/C10H8N4O3/c1-4-6(10(15)16)7-8-13-12-5(2)14(8)3-11-9(7)17-4/h3H,1-2H3,(H,15,16). The van der Waals surface area contributed by atoms with Crippen molar-refractivity contribution in [2.45, 2.75) is 13.8 Å². The normalized spacial score (nSPS) is 11.4. The molecule has 3 aromatic rings.